The number of fused-ring (bicyclic) bond motifs is 2. The monoisotopic (exact) mass is 290 g/mol. The van der Waals surface area contributed by atoms with E-state index in [1.165, 1.54) is 39.0 Å². The summed E-state index contributed by atoms with van der Waals surface area (Å²) in [7, 11) is 0. The fraction of sp³-hybridized carbons (Fsp3) is 0.300. The topological polar surface area (TPSA) is 19.0 Å². The molecule has 0 fully saturated rings. The maximum absolute atomic E-state index is 3.58. The number of aromatic amines is 1. The Balaban J connectivity index is 1.75. The minimum absolute atomic E-state index is 0.534. The van der Waals surface area contributed by atoms with E-state index in [1.807, 2.05) is 0 Å². The van der Waals surface area contributed by atoms with Gasteiger partial charge in [0.2, 0.25) is 0 Å². The summed E-state index contributed by atoms with van der Waals surface area (Å²) >= 11 is 0. The van der Waals surface area contributed by atoms with Crippen molar-refractivity contribution in [2.45, 2.75) is 39.8 Å². The van der Waals surface area contributed by atoms with Gasteiger partial charge in [0.1, 0.15) is 0 Å². The first-order chi connectivity index (χ1) is 10.6. The molecule has 0 radical (unpaired) electrons. The second-order valence-corrected chi connectivity index (χ2v) is 6.73. The number of benzene rings is 2. The molecule has 112 valence electrons. The molecule has 0 saturated heterocycles. The third-order valence-corrected chi connectivity index (χ3v) is 4.76. The molecule has 0 amide bonds. The molecule has 4 rings (SSSR count). The van der Waals surface area contributed by atoms with Crippen molar-refractivity contribution in [1.82, 2.24) is 4.98 Å². The van der Waals surface area contributed by atoms with E-state index in [0.717, 1.165) is 13.1 Å². The number of nitrogens with one attached hydrogen (secondary N) is 1. The average molecular weight is 290 g/mol. The zero-order valence-electron chi connectivity index (χ0n) is 13.5. The van der Waals surface area contributed by atoms with Gasteiger partial charge in [-0.2, -0.15) is 0 Å². The van der Waals surface area contributed by atoms with E-state index in [0.29, 0.717) is 5.92 Å². The summed E-state index contributed by atoms with van der Waals surface area (Å²) in [6, 6.07) is 15.7. The molecule has 1 aliphatic rings. The van der Waals surface area contributed by atoms with E-state index in [-0.39, 0.29) is 0 Å². The summed E-state index contributed by atoms with van der Waals surface area (Å²) in [5.41, 5.74) is 8.18. The highest BCUT2D eigenvalue weighted by atomic mass is 15.1. The quantitative estimate of drug-likeness (QED) is 0.694. The van der Waals surface area contributed by atoms with Crippen LogP contribution >= 0.6 is 0 Å². The van der Waals surface area contributed by atoms with Gasteiger partial charge in [0.05, 0.1) is 0 Å². The standard InChI is InChI=1S/C20H22N2/c1-13(2)18-9-17-8-14(3)20(10-19(17)21-18)22-11-15-6-4-5-7-16(15)12-22/h4-10,13,21H,11-12H2,1-3H3. The van der Waals surface area contributed by atoms with Crippen LogP contribution < -0.4 is 4.90 Å². The van der Waals surface area contributed by atoms with Crippen LogP contribution in [-0.4, -0.2) is 4.98 Å². The van der Waals surface area contributed by atoms with Crippen molar-refractivity contribution in [3.05, 3.63) is 64.8 Å². The Morgan fingerprint density at radius 1 is 1.00 bits per heavy atom. The molecule has 1 N–H and O–H groups in total. The van der Waals surface area contributed by atoms with Crippen LogP contribution in [0.3, 0.4) is 0 Å². The number of aromatic nitrogens is 1. The van der Waals surface area contributed by atoms with Gasteiger partial charge in [-0.15, -0.1) is 0 Å². The number of H-pyrrole nitrogens is 1. The van der Waals surface area contributed by atoms with Crippen LogP contribution in [0.5, 0.6) is 0 Å². The Hall–Kier alpha value is -2.22. The number of hydrogen-bond donors (Lipinski definition) is 1. The van der Waals surface area contributed by atoms with Gasteiger partial charge in [-0.1, -0.05) is 38.1 Å². The lowest BCUT2D eigenvalue weighted by molar-refractivity contribution is 0.836. The predicted octanol–water partition coefficient (Wildman–Crippen LogP) is 5.12. The fourth-order valence-electron chi connectivity index (χ4n) is 3.46. The highest BCUT2D eigenvalue weighted by Crippen LogP contribution is 2.33. The number of nitrogens with zero attached hydrogens (tertiary/aromatic N) is 1. The van der Waals surface area contributed by atoms with E-state index in [4.69, 9.17) is 0 Å². The van der Waals surface area contributed by atoms with Crippen LogP contribution in [0, 0.1) is 6.92 Å². The van der Waals surface area contributed by atoms with Crippen molar-refractivity contribution >= 4 is 16.6 Å². The second kappa shape index (κ2) is 4.91. The molecule has 0 unspecified atom stereocenters. The molecule has 22 heavy (non-hydrogen) atoms. The zero-order chi connectivity index (χ0) is 15.3. The van der Waals surface area contributed by atoms with Crippen LogP contribution in [0.4, 0.5) is 5.69 Å². The van der Waals surface area contributed by atoms with Crippen molar-refractivity contribution in [2.24, 2.45) is 0 Å². The summed E-state index contributed by atoms with van der Waals surface area (Å²) in [6.07, 6.45) is 0. The first-order valence-corrected chi connectivity index (χ1v) is 8.07. The van der Waals surface area contributed by atoms with Gasteiger partial charge < -0.3 is 9.88 Å². The molecule has 0 aliphatic carbocycles. The summed E-state index contributed by atoms with van der Waals surface area (Å²) < 4.78 is 0. The van der Waals surface area contributed by atoms with Gasteiger partial charge in [-0.3, -0.25) is 0 Å². The molecule has 0 spiro atoms. The van der Waals surface area contributed by atoms with Gasteiger partial charge in [-0.05, 0) is 47.7 Å². The summed E-state index contributed by atoms with van der Waals surface area (Å²) in [4.78, 5) is 6.06. The van der Waals surface area contributed by atoms with Crippen molar-refractivity contribution in [1.29, 1.82) is 0 Å². The molecule has 0 saturated carbocycles. The van der Waals surface area contributed by atoms with Crippen molar-refractivity contribution in [3.63, 3.8) is 0 Å². The molecule has 2 heteroatoms. The van der Waals surface area contributed by atoms with Crippen LogP contribution in [-0.2, 0) is 13.1 Å². The number of anilines is 1. The molecular formula is C20H22N2. The number of aryl methyl sites for hydroxylation is 1. The highest BCUT2D eigenvalue weighted by Gasteiger charge is 2.20. The Morgan fingerprint density at radius 3 is 2.32 bits per heavy atom. The molecule has 0 bridgehead atoms. The van der Waals surface area contributed by atoms with Crippen molar-refractivity contribution < 1.29 is 0 Å². The second-order valence-electron chi connectivity index (χ2n) is 6.73. The van der Waals surface area contributed by atoms with Gasteiger partial charge in [0.15, 0.2) is 0 Å². The first-order valence-electron chi connectivity index (χ1n) is 8.07. The Labute approximate surface area is 131 Å². The summed E-state index contributed by atoms with van der Waals surface area (Å²) in [6.45, 7) is 8.71. The maximum atomic E-state index is 3.58. The first kappa shape index (κ1) is 13.4. The lowest BCUT2D eigenvalue weighted by Crippen LogP contribution is -2.15. The molecule has 2 aromatic carbocycles. The van der Waals surface area contributed by atoms with E-state index >= 15 is 0 Å². The largest absolute Gasteiger partial charge is 0.363 e. The van der Waals surface area contributed by atoms with Crippen LogP contribution in [0.15, 0.2) is 42.5 Å². The molecule has 2 nitrogen and oxygen atoms in total. The summed E-state index contributed by atoms with van der Waals surface area (Å²) in [5.74, 6) is 0.534. The van der Waals surface area contributed by atoms with Crippen molar-refractivity contribution in [2.75, 3.05) is 4.90 Å². The van der Waals surface area contributed by atoms with E-state index in [9.17, 15) is 0 Å². The average Bonchev–Trinajstić information content (AvgIpc) is 3.09. The molecule has 2 heterocycles. The lowest BCUT2D eigenvalue weighted by Gasteiger charge is -2.20. The molecule has 1 aromatic heterocycles. The van der Waals surface area contributed by atoms with E-state index in [1.54, 1.807) is 0 Å². The Morgan fingerprint density at radius 2 is 1.68 bits per heavy atom. The number of hydrogen-bond acceptors (Lipinski definition) is 1. The maximum Gasteiger partial charge on any atom is 0.0477 e. The Bertz CT molecular complexity index is 817. The minimum Gasteiger partial charge on any atom is -0.363 e. The molecule has 3 aromatic rings. The van der Waals surface area contributed by atoms with Gasteiger partial charge in [0.25, 0.3) is 0 Å². The molecule has 0 atom stereocenters. The van der Waals surface area contributed by atoms with Crippen LogP contribution in [0.2, 0.25) is 0 Å². The fourth-order valence-corrected chi connectivity index (χ4v) is 3.46. The smallest absolute Gasteiger partial charge is 0.0477 e. The number of rotatable bonds is 2. The zero-order valence-corrected chi connectivity index (χ0v) is 13.5. The highest BCUT2D eigenvalue weighted by molar-refractivity contribution is 5.86. The van der Waals surface area contributed by atoms with Gasteiger partial charge >= 0.3 is 0 Å². The third-order valence-electron chi connectivity index (χ3n) is 4.76. The van der Waals surface area contributed by atoms with Crippen molar-refractivity contribution in [3.8, 4) is 0 Å². The SMILES string of the molecule is Cc1cc2cc(C(C)C)[nH]c2cc1N1Cc2ccccc2C1. The molecule has 1 aliphatic heterocycles. The predicted molar refractivity (Wildman–Crippen MR) is 93.5 cm³/mol. The van der Waals surface area contributed by atoms with E-state index < -0.39 is 0 Å². The van der Waals surface area contributed by atoms with Crippen LogP contribution in [0.25, 0.3) is 10.9 Å². The van der Waals surface area contributed by atoms with E-state index in [2.05, 4.69) is 73.1 Å². The molecular weight excluding hydrogens is 268 g/mol. The minimum atomic E-state index is 0.534. The van der Waals surface area contributed by atoms with Crippen LogP contribution in [0.1, 0.15) is 42.1 Å². The lowest BCUT2D eigenvalue weighted by atomic mass is 10.1. The Kier molecular flexibility index (Phi) is 3.00. The third kappa shape index (κ3) is 2.10. The van der Waals surface area contributed by atoms with Gasteiger partial charge in [0, 0.05) is 35.4 Å². The normalized spacial score (nSPS) is 14.1. The summed E-state index contributed by atoms with van der Waals surface area (Å²) in [5, 5.41) is 1.32. The van der Waals surface area contributed by atoms with Gasteiger partial charge in [-0.25, -0.2) is 0 Å².